The van der Waals surface area contributed by atoms with Crippen molar-refractivity contribution in [3.63, 3.8) is 0 Å². The average Bonchev–Trinajstić information content (AvgIpc) is 3.11. The smallest absolute Gasteiger partial charge is 0.189 e. The molecule has 1 aliphatic rings. The fourth-order valence-electron chi connectivity index (χ4n) is 3.50. The third-order valence-corrected chi connectivity index (χ3v) is 5.03. The Labute approximate surface area is 144 Å². The number of fused-ring (bicyclic) bond motifs is 1. The zero-order valence-corrected chi connectivity index (χ0v) is 14.0. The van der Waals surface area contributed by atoms with E-state index >= 15 is 0 Å². The first kappa shape index (κ1) is 15.4. The van der Waals surface area contributed by atoms with Crippen molar-refractivity contribution in [1.29, 1.82) is 0 Å². The van der Waals surface area contributed by atoms with Crippen molar-refractivity contribution >= 4 is 22.5 Å². The molecule has 0 amide bonds. The number of pyridine rings is 1. The first-order valence-electron chi connectivity index (χ1n) is 8.22. The number of benzene rings is 1. The van der Waals surface area contributed by atoms with Gasteiger partial charge in [-0.05, 0) is 50.2 Å². The van der Waals surface area contributed by atoms with Crippen LogP contribution in [0.3, 0.4) is 0 Å². The molecule has 1 aliphatic heterocycles. The average molecular weight is 343 g/mol. The summed E-state index contributed by atoms with van der Waals surface area (Å²) >= 11 is 5.97. The molecule has 0 radical (unpaired) electrons. The Kier molecular flexibility index (Phi) is 4.12. The fraction of sp³-hybridized carbons (Fsp3) is 0.333. The summed E-state index contributed by atoms with van der Waals surface area (Å²) in [6.45, 7) is 2.80. The molecule has 3 heterocycles. The second-order valence-corrected chi connectivity index (χ2v) is 6.85. The number of hydrogen-bond acceptors (Lipinski definition) is 3. The van der Waals surface area contributed by atoms with E-state index in [-0.39, 0.29) is 5.43 Å². The quantitative estimate of drug-likeness (QED) is 0.767. The van der Waals surface area contributed by atoms with Crippen molar-refractivity contribution in [2.45, 2.75) is 25.3 Å². The van der Waals surface area contributed by atoms with Gasteiger partial charge in [0.2, 0.25) is 0 Å². The Hall–Kier alpha value is -2.11. The molecular formula is C18H19ClN4O. The Morgan fingerprint density at radius 3 is 2.79 bits per heavy atom. The van der Waals surface area contributed by atoms with Crippen LogP contribution in [0.4, 0.5) is 0 Å². The number of H-pyrrole nitrogens is 2. The molecule has 2 N–H and O–H groups in total. The van der Waals surface area contributed by atoms with E-state index in [4.69, 9.17) is 11.6 Å². The molecule has 1 fully saturated rings. The summed E-state index contributed by atoms with van der Waals surface area (Å²) < 4.78 is 0. The van der Waals surface area contributed by atoms with Gasteiger partial charge in [-0.25, -0.2) is 0 Å². The summed E-state index contributed by atoms with van der Waals surface area (Å²) in [5.41, 5.74) is 3.04. The molecule has 0 atom stereocenters. The van der Waals surface area contributed by atoms with Gasteiger partial charge in [-0.3, -0.25) is 14.8 Å². The van der Waals surface area contributed by atoms with Crippen molar-refractivity contribution < 1.29 is 0 Å². The van der Waals surface area contributed by atoms with Gasteiger partial charge in [0.1, 0.15) is 0 Å². The molecule has 1 saturated heterocycles. The lowest BCUT2D eigenvalue weighted by molar-refractivity contribution is 0.201. The van der Waals surface area contributed by atoms with Gasteiger partial charge in [0.05, 0.1) is 0 Å². The number of aromatic amines is 2. The Morgan fingerprint density at radius 2 is 2.04 bits per heavy atom. The van der Waals surface area contributed by atoms with Crippen LogP contribution in [0, 0.1) is 0 Å². The van der Waals surface area contributed by atoms with Crippen LogP contribution >= 0.6 is 11.6 Å². The Bertz CT molecular complexity index is 895. The van der Waals surface area contributed by atoms with E-state index < -0.39 is 0 Å². The topological polar surface area (TPSA) is 64.8 Å². The van der Waals surface area contributed by atoms with E-state index in [1.165, 1.54) is 5.69 Å². The first-order chi connectivity index (χ1) is 11.7. The predicted molar refractivity (Wildman–Crippen MR) is 95.4 cm³/mol. The van der Waals surface area contributed by atoms with Gasteiger partial charge >= 0.3 is 0 Å². The highest BCUT2D eigenvalue weighted by Gasteiger charge is 2.21. The second kappa shape index (κ2) is 6.42. The fourth-order valence-corrected chi connectivity index (χ4v) is 3.67. The number of piperidine rings is 1. The number of hydrogen-bond donors (Lipinski definition) is 2. The summed E-state index contributed by atoms with van der Waals surface area (Å²) in [4.78, 5) is 18.0. The van der Waals surface area contributed by atoms with Crippen LogP contribution in [0.2, 0.25) is 5.02 Å². The van der Waals surface area contributed by atoms with E-state index in [1.807, 2.05) is 12.3 Å². The Morgan fingerprint density at radius 1 is 1.21 bits per heavy atom. The lowest BCUT2D eigenvalue weighted by atomic mass is 9.93. The molecule has 2 aromatic heterocycles. The molecule has 4 rings (SSSR count). The maximum Gasteiger partial charge on any atom is 0.189 e. The van der Waals surface area contributed by atoms with Crippen LogP contribution in [0.1, 0.15) is 30.1 Å². The van der Waals surface area contributed by atoms with Gasteiger partial charge in [-0.1, -0.05) is 11.6 Å². The van der Waals surface area contributed by atoms with Crippen LogP contribution in [-0.4, -0.2) is 33.2 Å². The van der Waals surface area contributed by atoms with E-state index in [9.17, 15) is 4.79 Å². The minimum Gasteiger partial charge on any atom is -0.357 e. The number of likely N-dealkylation sites (tertiary alicyclic amines) is 1. The number of aromatic nitrogens is 3. The second-order valence-electron chi connectivity index (χ2n) is 6.41. The van der Waals surface area contributed by atoms with Crippen molar-refractivity contribution in [2.24, 2.45) is 0 Å². The minimum absolute atomic E-state index is 0.0218. The molecule has 0 spiro atoms. The van der Waals surface area contributed by atoms with Crippen molar-refractivity contribution in [1.82, 2.24) is 20.1 Å². The normalized spacial score (nSPS) is 16.7. The number of nitrogens with one attached hydrogen (secondary N) is 2. The molecule has 6 heteroatoms. The highest BCUT2D eigenvalue weighted by molar-refractivity contribution is 6.31. The predicted octanol–water partition coefficient (Wildman–Crippen LogP) is 3.28. The van der Waals surface area contributed by atoms with Crippen LogP contribution in [0.25, 0.3) is 10.9 Å². The molecule has 0 aliphatic carbocycles. The molecule has 0 bridgehead atoms. The van der Waals surface area contributed by atoms with Crippen LogP contribution < -0.4 is 5.43 Å². The summed E-state index contributed by atoms with van der Waals surface area (Å²) in [7, 11) is 0. The van der Waals surface area contributed by atoms with Gasteiger partial charge in [-0.15, -0.1) is 0 Å². The highest BCUT2D eigenvalue weighted by atomic mass is 35.5. The van der Waals surface area contributed by atoms with Crippen LogP contribution in [0.5, 0.6) is 0 Å². The Balaban J connectivity index is 1.47. The van der Waals surface area contributed by atoms with Gasteiger partial charge in [0.25, 0.3) is 0 Å². The third kappa shape index (κ3) is 3.09. The molecule has 0 unspecified atom stereocenters. The molecule has 0 saturated carbocycles. The number of rotatable bonds is 3. The summed E-state index contributed by atoms with van der Waals surface area (Å²) in [6, 6.07) is 9.15. The number of nitrogens with zero attached hydrogens (tertiary/aromatic N) is 2. The van der Waals surface area contributed by atoms with Crippen molar-refractivity contribution in [3.8, 4) is 0 Å². The van der Waals surface area contributed by atoms with E-state index in [2.05, 4.69) is 26.1 Å². The summed E-state index contributed by atoms with van der Waals surface area (Å²) in [6.07, 6.45) is 4.03. The van der Waals surface area contributed by atoms with E-state index in [0.717, 1.165) is 43.7 Å². The highest BCUT2D eigenvalue weighted by Crippen LogP contribution is 2.27. The van der Waals surface area contributed by atoms with Gasteiger partial charge in [0.15, 0.2) is 5.43 Å². The monoisotopic (exact) mass is 342 g/mol. The molecule has 5 nitrogen and oxygen atoms in total. The van der Waals surface area contributed by atoms with Crippen LogP contribution in [-0.2, 0) is 6.54 Å². The van der Waals surface area contributed by atoms with Gasteiger partial charge in [0, 0.05) is 52.0 Å². The molecule has 1 aromatic carbocycles. The van der Waals surface area contributed by atoms with Gasteiger partial charge in [-0.2, -0.15) is 5.10 Å². The summed E-state index contributed by atoms with van der Waals surface area (Å²) in [5, 5.41) is 8.35. The molecular weight excluding hydrogens is 324 g/mol. The third-order valence-electron chi connectivity index (χ3n) is 4.79. The van der Waals surface area contributed by atoms with Crippen LogP contribution in [0.15, 0.2) is 41.3 Å². The van der Waals surface area contributed by atoms with Crippen molar-refractivity contribution in [3.05, 3.63) is 63.2 Å². The maximum absolute atomic E-state index is 12.3. The SMILES string of the molecule is O=c1cc(CN2CCC(c3ccn[nH]3)CC2)[nH]c2ccc(Cl)cc12. The zero-order chi connectivity index (χ0) is 16.5. The maximum atomic E-state index is 12.3. The molecule has 24 heavy (non-hydrogen) atoms. The lowest BCUT2D eigenvalue weighted by Gasteiger charge is -2.31. The van der Waals surface area contributed by atoms with E-state index in [1.54, 1.807) is 18.2 Å². The first-order valence-corrected chi connectivity index (χ1v) is 8.60. The zero-order valence-electron chi connectivity index (χ0n) is 13.3. The van der Waals surface area contributed by atoms with Gasteiger partial charge < -0.3 is 4.98 Å². The molecule has 124 valence electrons. The largest absolute Gasteiger partial charge is 0.357 e. The molecule has 3 aromatic rings. The summed E-state index contributed by atoms with van der Waals surface area (Å²) in [5.74, 6) is 0.557. The van der Waals surface area contributed by atoms with E-state index in [0.29, 0.717) is 16.3 Å². The lowest BCUT2D eigenvalue weighted by Crippen LogP contribution is -2.33. The standard InChI is InChI=1S/C18H19ClN4O/c19-13-1-2-17-15(9-13)18(24)10-14(21-17)11-23-7-4-12(5-8-23)16-3-6-20-22-16/h1-3,6,9-10,12H,4-5,7-8,11H2,(H,20,22)(H,21,24). The number of halogens is 1. The minimum atomic E-state index is 0.0218. The van der Waals surface area contributed by atoms with Crippen molar-refractivity contribution in [2.75, 3.05) is 13.1 Å².